The highest BCUT2D eigenvalue weighted by molar-refractivity contribution is 7.26. The van der Waals surface area contributed by atoms with Gasteiger partial charge in [-0.05, 0) is 46.7 Å². The monoisotopic (exact) mass is 413 g/mol. The average molecular weight is 414 g/mol. The lowest BCUT2D eigenvalue weighted by molar-refractivity contribution is 1.24. The second-order valence-corrected chi connectivity index (χ2v) is 8.53. The van der Waals surface area contributed by atoms with Crippen LogP contribution in [0.5, 0.6) is 0 Å². The molecule has 3 heterocycles. The topological polar surface area (TPSA) is 49.6 Å². The summed E-state index contributed by atoms with van der Waals surface area (Å²) < 4.78 is 2.58. The smallest absolute Gasteiger partial charge is 0.0992 e. The fraction of sp³-hybridized carbons (Fsp3) is 0. The summed E-state index contributed by atoms with van der Waals surface area (Å²) in [5.41, 5.74) is 4.25. The van der Waals surface area contributed by atoms with E-state index in [9.17, 15) is 0 Å². The van der Waals surface area contributed by atoms with E-state index in [4.69, 9.17) is 5.26 Å². The molecule has 0 saturated carbocycles. The molecule has 0 amide bonds. The van der Waals surface area contributed by atoms with Gasteiger partial charge in [-0.25, -0.2) is 0 Å². The summed E-state index contributed by atoms with van der Waals surface area (Å²) in [6, 6.07) is 29.3. The average Bonchev–Trinajstić information content (AvgIpc) is 3.22. The highest BCUT2D eigenvalue weighted by atomic mass is 32.1. The highest BCUT2D eigenvalue weighted by Crippen LogP contribution is 2.40. The summed E-state index contributed by atoms with van der Waals surface area (Å²) in [7, 11) is 0. The van der Waals surface area contributed by atoms with Gasteiger partial charge in [0, 0.05) is 38.1 Å². The largest absolute Gasteiger partial charge is 0.255 e. The Hall–Kier alpha value is -4.07. The number of aromatic nitrogens is 2. The Bertz CT molecular complexity index is 1640. The molecule has 144 valence electrons. The predicted molar refractivity (Wildman–Crippen MR) is 128 cm³/mol. The Morgan fingerprint density at radius 1 is 0.710 bits per heavy atom. The van der Waals surface area contributed by atoms with Crippen molar-refractivity contribution in [3.05, 3.63) is 96.8 Å². The van der Waals surface area contributed by atoms with Crippen LogP contribution in [0.3, 0.4) is 0 Å². The van der Waals surface area contributed by atoms with Gasteiger partial charge in [-0.15, -0.1) is 11.3 Å². The van der Waals surface area contributed by atoms with Crippen LogP contribution in [-0.4, -0.2) is 9.97 Å². The fourth-order valence-electron chi connectivity index (χ4n) is 4.08. The van der Waals surface area contributed by atoms with E-state index in [-0.39, 0.29) is 0 Å². The molecule has 3 nitrogen and oxygen atoms in total. The third-order valence-corrected chi connectivity index (χ3v) is 6.73. The molecule has 0 aliphatic rings. The maximum atomic E-state index is 9.10. The maximum absolute atomic E-state index is 9.10. The molecular formula is C27H15N3S. The summed E-state index contributed by atoms with van der Waals surface area (Å²) in [5, 5.41) is 14.3. The molecule has 0 saturated heterocycles. The maximum Gasteiger partial charge on any atom is 0.0992 e. The number of hydrogen-bond donors (Lipinski definition) is 0. The number of hydrogen-bond acceptors (Lipinski definition) is 4. The molecule has 0 aliphatic heterocycles. The van der Waals surface area contributed by atoms with E-state index < -0.39 is 0 Å². The van der Waals surface area contributed by atoms with Crippen molar-refractivity contribution >= 4 is 42.3 Å². The van der Waals surface area contributed by atoms with Crippen molar-refractivity contribution in [2.24, 2.45) is 0 Å². The molecule has 0 radical (unpaired) electrons. The van der Waals surface area contributed by atoms with Gasteiger partial charge in [-0.1, -0.05) is 48.5 Å². The molecule has 0 spiro atoms. The quantitative estimate of drug-likeness (QED) is 0.301. The third-order valence-electron chi connectivity index (χ3n) is 5.61. The zero-order chi connectivity index (χ0) is 20.8. The Morgan fingerprint density at radius 2 is 1.61 bits per heavy atom. The van der Waals surface area contributed by atoms with Crippen LogP contribution in [0.4, 0.5) is 0 Å². The summed E-state index contributed by atoms with van der Waals surface area (Å²) in [6.07, 6.45) is 3.52. The first-order chi connectivity index (χ1) is 15.3. The van der Waals surface area contributed by atoms with Crippen molar-refractivity contribution in [2.45, 2.75) is 0 Å². The minimum Gasteiger partial charge on any atom is -0.255 e. The van der Waals surface area contributed by atoms with Gasteiger partial charge in [-0.2, -0.15) is 5.26 Å². The van der Waals surface area contributed by atoms with Crippen LogP contribution in [0.2, 0.25) is 0 Å². The predicted octanol–water partition coefficient (Wildman–Crippen LogP) is 7.20. The zero-order valence-corrected chi connectivity index (χ0v) is 17.2. The van der Waals surface area contributed by atoms with Crippen molar-refractivity contribution in [1.29, 1.82) is 5.26 Å². The van der Waals surface area contributed by atoms with Gasteiger partial charge in [0.15, 0.2) is 0 Å². The van der Waals surface area contributed by atoms with Crippen molar-refractivity contribution in [3.63, 3.8) is 0 Å². The minimum atomic E-state index is 0.582. The number of nitriles is 1. The number of fused-ring (bicyclic) bond motifs is 5. The van der Waals surface area contributed by atoms with E-state index in [0.717, 1.165) is 16.8 Å². The number of rotatable bonds is 2. The molecule has 6 rings (SSSR count). The van der Waals surface area contributed by atoms with Crippen LogP contribution in [0.15, 0.2) is 91.3 Å². The third kappa shape index (κ3) is 2.95. The van der Waals surface area contributed by atoms with Crippen LogP contribution < -0.4 is 0 Å². The van der Waals surface area contributed by atoms with Crippen molar-refractivity contribution in [3.8, 4) is 28.6 Å². The Labute approximate surface area is 182 Å². The van der Waals surface area contributed by atoms with Gasteiger partial charge in [0.1, 0.15) is 0 Å². The lowest BCUT2D eigenvalue weighted by Gasteiger charge is -2.05. The van der Waals surface area contributed by atoms with Crippen molar-refractivity contribution in [2.75, 3.05) is 0 Å². The highest BCUT2D eigenvalue weighted by Gasteiger charge is 2.10. The fourth-order valence-corrected chi connectivity index (χ4v) is 5.24. The molecule has 3 aromatic heterocycles. The first kappa shape index (κ1) is 17.8. The Kier molecular flexibility index (Phi) is 4.02. The molecule has 0 aliphatic carbocycles. The van der Waals surface area contributed by atoms with Gasteiger partial charge in [0.05, 0.1) is 23.0 Å². The van der Waals surface area contributed by atoms with Crippen molar-refractivity contribution in [1.82, 2.24) is 9.97 Å². The van der Waals surface area contributed by atoms with E-state index in [0.29, 0.717) is 11.3 Å². The second-order valence-electron chi connectivity index (χ2n) is 7.45. The molecule has 0 bridgehead atoms. The number of pyridine rings is 2. The Balaban J connectivity index is 1.44. The summed E-state index contributed by atoms with van der Waals surface area (Å²) in [6.45, 7) is 0. The van der Waals surface area contributed by atoms with Crippen LogP contribution in [0.25, 0.3) is 53.5 Å². The van der Waals surface area contributed by atoms with Gasteiger partial charge in [0.25, 0.3) is 0 Å². The normalized spacial score (nSPS) is 11.2. The van der Waals surface area contributed by atoms with Crippen LogP contribution >= 0.6 is 11.3 Å². The van der Waals surface area contributed by atoms with E-state index in [1.54, 1.807) is 18.3 Å². The molecule has 0 N–H and O–H groups in total. The lowest BCUT2D eigenvalue weighted by atomic mass is 10.0. The molecule has 6 aromatic rings. The van der Waals surface area contributed by atoms with Crippen LogP contribution in [-0.2, 0) is 0 Å². The van der Waals surface area contributed by atoms with E-state index in [1.807, 2.05) is 23.6 Å². The molecule has 31 heavy (non-hydrogen) atoms. The van der Waals surface area contributed by atoms with Gasteiger partial charge < -0.3 is 0 Å². The molecular weight excluding hydrogens is 398 g/mol. The summed E-state index contributed by atoms with van der Waals surface area (Å²) in [4.78, 5) is 8.93. The van der Waals surface area contributed by atoms with E-state index in [1.165, 1.54) is 30.9 Å². The van der Waals surface area contributed by atoms with Crippen LogP contribution in [0.1, 0.15) is 5.56 Å². The van der Waals surface area contributed by atoms with E-state index in [2.05, 4.69) is 76.7 Å². The van der Waals surface area contributed by atoms with Gasteiger partial charge >= 0.3 is 0 Å². The SMILES string of the molecule is N#Cc1ccnc(-c2ccc(-c3ccc4c(c3)sc3ccc5ccccc5c34)cn2)c1. The first-order valence-electron chi connectivity index (χ1n) is 9.97. The summed E-state index contributed by atoms with van der Waals surface area (Å²) in [5.74, 6) is 0. The first-order valence-corrected chi connectivity index (χ1v) is 10.8. The standard InChI is InChI=1S/C27H15N3S/c28-15-17-11-12-29-24(13-17)23-9-6-20(16-30-23)19-5-8-22-26(14-19)31-25-10-7-18-3-1-2-4-21(18)27(22)25/h1-14,16H. The van der Waals surface area contributed by atoms with Gasteiger partial charge in [0.2, 0.25) is 0 Å². The second kappa shape index (κ2) is 7.02. The zero-order valence-electron chi connectivity index (χ0n) is 16.4. The van der Waals surface area contributed by atoms with Crippen molar-refractivity contribution < 1.29 is 0 Å². The van der Waals surface area contributed by atoms with Crippen LogP contribution in [0, 0.1) is 11.3 Å². The Morgan fingerprint density at radius 3 is 2.48 bits per heavy atom. The number of thiophene rings is 1. The molecule has 4 heteroatoms. The molecule has 0 atom stereocenters. The molecule has 3 aromatic carbocycles. The number of nitrogens with zero attached hydrogens (tertiary/aromatic N) is 3. The van der Waals surface area contributed by atoms with Gasteiger partial charge in [-0.3, -0.25) is 9.97 Å². The molecule has 0 unspecified atom stereocenters. The minimum absolute atomic E-state index is 0.582. The summed E-state index contributed by atoms with van der Waals surface area (Å²) >= 11 is 1.83. The molecule has 0 fully saturated rings. The number of benzene rings is 3. The van der Waals surface area contributed by atoms with E-state index >= 15 is 0 Å². The lowest BCUT2D eigenvalue weighted by Crippen LogP contribution is -1.89.